The molecule has 2 atom stereocenters. The van der Waals surface area contributed by atoms with Crippen molar-refractivity contribution in [3.05, 3.63) is 11.9 Å². The summed E-state index contributed by atoms with van der Waals surface area (Å²) < 4.78 is 1.78. The number of hydrogen-bond donors (Lipinski definition) is 1. The second-order valence-electron chi connectivity index (χ2n) is 5.92. The fraction of sp³-hybridized carbons (Fsp3) is 0.857. The van der Waals surface area contributed by atoms with Crippen LogP contribution in [0.4, 0.5) is 0 Å². The van der Waals surface area contributed by atoms with Crippen LogP contribution in [0.25, 0.3) is 0 Å². The first-order chi connectivity index (χ1) is 9.60. The Morgan fingerprint density at radius 1 is 1.35 bits per heavy atom. The average Bonchev–Trinajstić information content (AvgIpc) is 2.72. The van der Waals surface area contributed by atoms with Gasteiger partial charge in [0.05, 0.1) is 5.69 Å². The molecule has 2 unspecified atom stereocenters. The van der Waals surface area contributed by atoms with E-state index in [0.717, 1.165) is 31.7 Å². The molecule has 1 aromatic rings. The molecule has 114 valence electrons. The van der Waals surface area contributed by atoms with Gasteiger partial charge < -0.3 is 15.1 Å². The maximum Gasteiger partial charge on any atom is 0.0843 e. The van der Waals surface area contributed by atoms with Crippen molar-refractivity contribution < 1.29 is 0 Å². The van der Waals surface area contributed by atoms with E-state index < -0.39 is 0 Å². The Balaban J connectivity index is 2.08. The highest BCUT2D eigenvalue weighted by atomic mass is 15.4. The standard InChI is InChI=1S/C14H28N6/c1-5-15-13(9-12-10-20(4)17-16-12)14-11-18(2)7-6-8-19(14)3/h10,13-15H,5-9,11H2,1-4H3. The fourth-order valence-corrected chi connectivity index (χ4v) is 3.06. The first-order valence-corrected chi connectivity index (χ1v) is 7.57. The number of likely N-dealkylation sites (N-methyl/N-ethyl adjacent to an activating group) is 3. The van der Waals surface area contributed by atoms with Crippen molar-refractivity contribution in [1.82, 2.24) is 30.1 Å². The Morgan fingerprint density at radius 3 is 2.80 bits per heavy atom. The molecule has 1 saturated heterocycles. The largest absolute Gasteiger partial charge is 0.312 e. The molecule has 0 aliphatic carbocycles. The van der Waals surface area contributed by atoms with Gasteiger partial charge in [0.2, 0.25) is 0 Å². The Bertz CT molecular complexity index is 404. The Morgan fingerprint density at radius 2 is 2.15 bits per heavy atom. The molecule has 0 radical (unpaired) electrons. The third-order valence-corrected chi connectivity index (χ3v) is 4.13. The van der Waals surface area contributed by atoms with Crippen molar-refractivity contribution in [2.24, 2.45) is 7.05 Å². The number of aryl methyl sites for hydroxylation is 1. The molecule has 0 aromatic carbocycles. The lowest BCUT2D eigenvalue weighted by atomic mass is 10.0. The summed E-state index contributed by atoms with van der Waals surface area (Å²) in [7, 11) is 6.38. The van der Waals surface area contributed by atoms with Gasteiger partial charge in [-0.2, -0.15) is 0 Å². The maximum atomic E-state index is 4.24. The summed E-state index contributed by atoms with van der Waals surface area (Å²) >= 11 is 0. The van der Waals surface area contributed by atoms with E-state index in [1.165, 1.54) is 13.0 Å². The summed E-state index contributed by atoms with van der Waals surface area (Å²) in [6.07, 6.45) is 4.20. The van der Waals surface area contributed by atoms with Crippen molar-refractivity contribution in [2.45, 2.75) is 31.8 Å². The lowest BCUT2D eigenvalue weighted by Gasteiger charge is -2.34. The number of aromatic nitrogens is 3. The molecule has 20 heavy (non-hydrogen) atoms. The first-order valence-electron chi connectivity index (χ1n) is 7.57. The van der Waals surface area contributed by atoms with E-state index in [9.17, 15) is 0 Å². The highest BCUT2D eigenvalue weighted by Crippen LogP contribution is 2.13. The van der Waals surface area contributed by atoms with Crippen LogP contribution in [0.2, 0.25) is 0 Å². The monoisotopic (exact) mass is 280 g/mol. The average molecular weight is 280 g/mol. The molecule has 1 aliphatic rings. The van der Waals surface area contributed by atoms with E-state index in [1.54, 1.807) is 4.68 Å². The smallest absolute Gasteiger partial charge is 0.0843 e. The number of rotatable bonds is 5. The summed E-state index contributed by atoms with van der Waals surface area (Å²) in [5.41, 5.74) is 1.07. The quantitative estimate of drug-likeness (QED) is 0.821. The number of nitrogens with one attached hydrogen (secondary N) is 1. The lowest BCUT2D eigenvalue weighted by molar-refractivity contribution is 0.177. The molecular weight excluding hydrogens is 252 g/mol. The topological polar surface area (TPSA) is 49.2 Å². The minimum atomic E-state index is 0.419. The van der Waals surface area contributed by atoms with Crippen molar-refractivity contribution in [2.75, 3.05) is 40.3 Å². The third kappa shape index (κ3) is 4.01. The Kier molecular flexibility index (Phi) is 5.51. The third-order valence-electron chi connectivity index (χ3n) is 4.13. The van der Waals surface area contributed by atoms with Gasteiger partial charge in [-0.05, 0) is 40.2 Å². The lowest BCUT2D eigenvalue weighted by Crippen LogP contribution is -2.53. The van der Waals surface area contributed by atoms with Crippen LogP contribution in [0.1, 0.15) is 19.0 Å². The van der Waals surface area contributed by atoms with Gasteiger partial charge in [-0.1, -0.05) is 12.1 Å². The minimum absolute atomic E-state index is 0.419. The van der Waals surface area contributed by atoms with Gasteiger partial charge in [0.25, 0.3) is 0 Å². The maximum absolute atomic E-state index is 4.24. The minimum Gasteiger partial charge on any atom is -0.312 e. The predicted octanol–water partition coefficient (Wildman–Crippen LogP) is -0.0284. The second kappa shape index (κ2) is 7.15. The molecule has 0 bridgehead atoms. The van der Waals surface area contributed by atoms with Crippen molar-refractivity contribution >= 4 is 0 Å². The summed E-state index contributed by atoms with van der Waals surface area (Å²) in [5, 5.41) is 11.9. The first kappa shape index (κ1) is 15.4. The van der Waals surface area contributed by atoms with Crippen molar-refractivity contribution in [3.8, 4) is 0 Å². The summed E-state index contributed by atoms with van der Waals surface area (Å²) in [6.45, 7) is 6.61. The zero-order valence-corrected chi connectivity index (χ0v) is 13.2. The molecule has 1 fully saturated rings. The highest BCUT2D eigenvalue weighted by molar-refractivity contribution is 5.00. The summed E-state index contributed by atoms with van der Waals surface area (Å²) in [5.74, 6) is 0. The van der Waals surface area contributed by atoms with Gasteiger partial charge >= 0.3 is 0 Å². The normalized spacial score (nSPS) is 23.7. The molecule has 2 heterocycles. The fourth-order valence-electron chi connectivity index (χ4n) is 3.06. The van der Waals surface area contributed by atoms with E-state index in [0.29, 0.717) is 12.1 Å². The molecule has 1 aliphatic heterocycles. The van der Waals surface area contributed by atoms with Gasteiger partial charge in [-0.15, -0.1) is 5.10 Å². The molecular formula is C14H28N6. The zero-order chi connectivity index (χ0) is 14.5. The number of nitrogens with zero attached hydrogens (tertiary/aromatic N) is 5. The zero-order valence-electron chi connectivity index (χ0n) is 13.2. The van der Waals surface area contributed by atoms with Gasteiger partial charge in [-0.3, -0.25) is 4.68 Å². The molecule has 1 aromatic heterocycles. The van der Waals surface area contributed by atoms with Crippen molar-refractivity contribution in [1.29, 1.82) is 0 Å². The van der Waals surface area contributed by atoms with Gasteiger partial charge in [0.1, 0.15) is 0 Å². The van der Waals surface area contributed by atoms with Gasteiger partial charge in [0.15, 0.2) is 0 Å². The molecule has 0 amide bonds. The van der Waals surface area contributed by atoms with Crippen LogP contribution >= 0.6 is 0 Å². The predicted molar refractivity (Wildman–Crippen MR) is 80.7 cm³/mol. The van der Waals surface area contributed by atoms with Crippen LogP contribution in [0.3, 0.4) is 0 Å². The van der Waals surface area contributed by atoms with Gasteiger partial charge in [0, 0.05) is 38.3 Å². The van der Waals surface area contributed by atoms with Crippen LogP contribution in [-0.2, 0) is 13.5 Å². The van der Waals surface area contributed by atoms with E-state index in [2.05, 4.69) is 46.4 Å². The SMILES string of the molecule is CCNC(Cc1cn(C)nn1)C1CN(C)CCCN1C. The van der Waals surface area contributed by atoms with E-state index in [-0.39, 0.29) is 0 Å². The Labute approximate surface area is 122 Å². The van der Waals surface area contributed by atoms with Gasteiger partial charge in [-0.25, -0.2) is 0 Å². The summed E-state index contributed by atoms with van der Waals surface area (Å²) in [6, 6.07) is 0.937. The van der Waals surface area contributed by atoms with Crippen LogP contribution in [0, 0.1) is 0 Å². The van der Waals surface area contributed by atoms with Crippen LogP contribution in [0.15, 0.2) is 6.20 Å². The van der Waals surface area contributed by atoms with Crippen molar-refractivity contribution in [3.63, 3.8) is 0 Å². The van der Waals surface area contributed by atoms with Crippen LogP contribution < -0.4 is 5.32 Å². The number of hydrogen-bond acceptors (Lipinski definition) is 5. The molecule has 6 heteroatoms. The molecule has 0 saturated carbocycles. The van der Waals surface area contributed by atoms with E-state index >= 15 is 0 Å². The van der Waals surface area contributed by atoms with E-state index in [4.69, 9.17) is 0 Å². The van der Waals surface area contributed by atoms with Crippen LogP contribution in [0.5, 0.6) is 0 Å². The molecule has 2 rings (SSSR count). The van der Waals surface area contributed by atoms with E-state index in [1.807, 2.05) is 13.2 Å². The molecule has 0 spiro atoms. The van der Waals surface area contributed by atoms with Crippen LogP contribution in [-0.4, -0.2) is 77.2 Å². The second-order valence-corrected chi connectivity index (χ2v) is 5.92. The Hall–Kier alpha value is -0.980. The molecule has 1 N–H and O–H groups in total. The highest BCUT2D eigenvalue weighted by Gasteiger charge is 2.28. The summed E-state index contributed by atoms with van der Waals surface area (Å²) in [4.78, 5) is 4.93. The molecule has 6 nitrogen and oxygen atoms in total.